The summed E-state index contributed by atoms with van der Waals surface area (Å²) < 4.78 is 64.9. The predicted octanol–water partition coefficient (Wildman–Crippen LogP) is 1.87. The number of nitrogens with one attached hydrogen (secondary N) is 1. The molecule has 100 valence electrons. The van der Waals surface area contributed by atoms with Gasteiger partial charge in [0.2, 0.25) is 0 Å². The summed E-state index contributed by atoms with van der Waals surface area (Å²) in [6.45, 7) is -0.0156. The van der Waals surface area contributed by atoms with Gasteiger partial charge in [-0.25, -0.2) is 4.79 Å². The number of ether oxygens (including phenoxy) is 1. The first-order valence-corrected chi connectivity index (χ1v) is 5.07. The molecular formula is C9H12F5NO2. The van der Waals surface area contributed by atoms with Crippen LogP contribution in [0, 0.1) is 0 Å². The number of alkyl halides is 5. The lowest BCUT2D eigenvalue weighted by Gasteiger charge is -2.10. The highest BCUT2D eigenvalue weighted by atomic mass is 19.4. The average Bonchev–Trinajstić information content (AvgIpc) is 2.38. The maximum Gasteiger partial charge on any atom is 0.389 e. The summed E-state index contributed by atoms with van der Waals surface area (Å²) in [5, 5.41) is 2.55. The van der Waals surface area contributed by atoms with Gasteiger partial charge in [-0.05, 0) is 13.0 Å². The van der Waals surface area contributed by atoms with Crippen LogP contribution in [0.15, 0.2) is 0 Å². The molecular weight excluding hydrogens is 249 g/mol. The van der Waals surface area contributed by atoms with Crippen molar-refractivity contribution >= 4 is 5.97 Å². The molecule has 0 amide bonds. The van der Waals surface area contributed by atoms with E-state index in [9.17, 15) is 26.7 Å². The van der Waals surface area contributed by atoms with Gasteiger partial charge in [-0.15, -0.1) is 0 Å². The summed E-state index contributed by atoms with van der Waals surface area (Å²) in [5.41, 5.74) is 0. The summed E-state index contributed by atoms with van der Waals surface area (Å²) in [6, 6.07) is 0. The van der Waals surface area contributed by atoms with Crippen molar-refractivity contribution in [2.24, 2.45) is 0 Å². The third kappa shape index (κ3) is 4.84. The summed E-state index contributed by atoms with van der Waals surface area (Å²) in [4.78, 5) is 10.6. The zero-order valence-electron chi connectivity index (χ0n) is 8.82. The van der Waals surface area contributed by atoms with Crippen molar-refractivity contribution in [2.45, 2.75) is 37.5 Å². The van der Waals surface area contributed by atoms with Crippen LogP contribution in [0.25, 0.3) is 0 Å². The summed E-state index contributed by atoms with van der Waals surface area (Å²) in [6.07, 6.45) is -6.98. The van der Waals surface area contributed by atoms with Crippen molar-refractivity contribution < 1.29 is 31.5 Å². The van der Waals surface area contributed by atoms with Crippen molar-refractivity contribution in [3.8, 4) is 0 Å². The van der Waals surface area contributed by atoms with Crippen LogP contribution in [-0.4, -0.2) is 37.3 Å². The van der Waals surface area contributed by atoms with E-state index in [0.29, 0.717) is 0 Å². The molecule has 0 saturated carbocycles. The Hall–Kier alpha value is -0.920. The van der Waals surface area contributed by atoms with E-state index >= 15 is 0 Å². The first-order valence-electron chi connectivity index (χ1n) is 5.07. The molecule has 17 heavy (non-hydrogen) atoms. The van der Waals surface area contributed by atoms with Gasteiger partial charge in [0.25, 0.3) is 0 Å². The molecule has 1 fully saturated rings. The molecule has 1 aliphatic rings. The number of halogens is 5. The van der Waals surface area contributed by atoms with Gasteiger partial charge in [-0.1, -0.05) is 0 Å². The predicted molar refractivity (Wildman–Crippen MR) is 47.6 cm³/mol. The first-order chi connectivity index (χ1) is 7.71. The zero-order valence-corrected chi connectivity index (χ0v) is 8.82. The van der Waals surface area contributed by atoms with E-state index in [1.807, 2.05) is 0 Å². The van der Waals surface area contributed by atoms with Gasteiger partial charge in [0.05, 0.1) is 6.42 Å². The van der Waals surface area contributed by atoms with Crippen LogP contribution in [0.5, 0.6) is 0 Å². The maximum atomic E-state index is 12.7. The number of hydrogen-bond donors (Lipinski definition) is 1. The number of rotatable bonds is 5. The van der Waals surface area contributed by atoms with Gasteiger partial charge < -0.3 is 10.1 Å². The van der Waals surface area contributed by atoms with Gasteiger partial charge >= 0.3 is 18.1 Å². The number of cyclic esters (lactones) is 1. The Morgan fingerprint density at radius 1 is 1.41 bits per heavy atom. The second-order valence-electron chi connectivity index (χ2n) is 3.86. The lowest BCUT2D eigenvalue weighted by Crippen LogP contribution is -2.28. The third-order valence-corrected chi connectivity index (χ3v) is 2.24. The van der Waals surface area contributed by atoms with Crippen LogP contribution in [0.2, 0.25) is 0 Å². The van der Waals surface area contributed by atoms with Gasteiger partial charge in [0.1, 0.15) is 6.10 Å². The molecule has 1 unspecified atom stereocenters. The van der Waals surface area contributed by atoms with Gasteiger partial charge in [-0.3, -0.25) is 0 Å². The molecule has 1 rings (SSSR count). The van der Waals surface area contributed by atoms with E-state index in [2.05, 4.69) is 10.1 Å². The monoisotopic (exact) mass is 261 g/mol. The lowest BCUT2D eigenvalue weighted by atomic mass is 10.2. The minimum Gasteiger partial charge on any atom is -0.456 e. The number of carbonyl (C=O) groups excluding carboxylic acids is 1. The minimum atomic E-state index is -4.21. The molecule has 0 bridgehead atoms. The maximum absolute atomic E-state index is 12.7. The van der Waals surface area contributed by atoms with Crippen molar-refractivity contribution in [3.05, 3.63) is 0 Å². The molecule has 0 aromatic carbocycles. The number of esters is 1. The van der Waals surface area contributed by atoms with Crippen LogP contribution < -0.4 is 5.32 Å². The molecule has 1 N–H and O–H groups in total. The fourth-order valence-electron chi connectivity index (χ4n) is 1.44. The highest BCUT2D eigenvalue weighted by Gasteiger charge is 2.50. The molecule has 1 aliphatic heterocycles. The van der Waals surface area contributed by atoms with E-state index in [1.165, 1.54) is 0 Å². The van der Waals surface area contributed by atoms with Crippen molar-refractivity contribution in [2.75, 3.05) is 13.1 Å². The SMILES string of the molecule is O=C1OC(CNCCCC(F)(F)F)CC1(F)F. The summed E-state index contributed by atoms with van der Waals surface area (Å²) >= 11 is 0. The van der Waals surface area contributed by atoms with E-state index < -0.39 is 37.0 Å². The van der Waals surface area contributed by atoms with Gasteiger partial charge in [-0.2, -0.15) is 22.0 Å². The van der Waals surface area contributed by atoms with E-state index in [-0.39, 0.29) is 19.5 Å². The standard InChI is InChI=1S/C9H12F5NO2/c10-8(11)4-6(17-7(8)16)5-15-3-1-2-9(12,13)14/h6,15H,1-5H2. The number of carbonyl (C=O) groups is 1. The van der Waals surface area contributed by atoms with Crippen molar-refractivity contribution in [1.82, 2.24) is 5.32 Å². The van der Waals surface area contributed by atoms with Crippen LogP contribution >= 0.6 is 0 Å². The van der Waals surface area contributed by atoms with E-state index in [1.54, 1.807) is 0 Å². The molecule has 0 radical (unpaired) electrons. The Balaban J connectivity index is 2.11. The molecule has 0 aliphatic carbocycles. The Morgan fingerprint density at radius 2 is 2.06 bits per heavy atom. The second-order valence-corrected chi connectivity index (χ2v) is 3.86. The number of hydrogen-bond acceptors (Lipinski definition) is 3. The van der Waals surface area contributed by atoms with Crippen molar-refractivity contribution in [1.29, 1.82) is 0 Å². The van der Waals surface area contributed by atoms with Crippen LogP contribution in [-0.2, 0) is 9.53 Å². The molecule has 1 atom stereocenters. The topological polar surface area (TPSA) is 38.3 Å². The molecule has 1 saturated heterocycles. The Bertz CT molecular complexity index is 279. The van der Waals surface area contributed by atoms with E-state index in [0.717, 1.165) is 0 Å². The normalized spacial score (nSPS) is 23.8. The quantitative estimate of drug-likeness (QED) is 0.466. The van der Waals surface area contributed by atoms with Crippen LogP contribution in [0.3, 0.4) is 0 Å². The fourth-order valence-corrected chi connectivity index (χ4v) is 1.44. The smallest absolute Gasteiger partial charge is 0.389 e. The minimum absolute atomic E-state index is 0.0408. The molecule has 3 nitrogen and oxygen atoms in total. The molecule has 0 aromatic heterocycles. The van der Waals surface area contributed by atoms with Crippen LogP contribution in [0.1, 0.15) is 19.3 Å². The molecule has 1 heterocycles. The fraction of sp³-hybridized carbons (Fsp3) is 0.889. The van der Waals surface area contributed by atoms with E-state index in [4.69, 9.17) is 0 Å². The highest BCUT2D eigenvalue weighted by molar-refractivity contribution is 5.79. The van der Waals surface area contributed by atoms with Crippen LogP contribution in [0.4, 0.5) is 22.0 Å². The van der Waals surface area contributed by atoms with Crippen molar-refractivity contribution in [3.63, 3.8) is 0 Å². The molecule has 0 spiro atoms. The molecule has 8 heteroatoms. The largest absolute Gasteiger partial charge is 0.456 e. The van der Waals surface area contributed by atoms with Gasteiger partial charge in [0, 0.05) is 13.0 Å². The molecule has 0 aromatic rings. The third-order valence-electron chi connectivity index (χ3n) is 2.24. The first kappa shape index (κ1) is 14.1. The summed E-state index contributed by atoms with van der Waals surface area (Å²) in [7, 11) is 0. The summed E-state index contributed by atoms with van der Waals surface area (Å²) in [5.74, 6) is -5.04. The zero-order chi connectivity index (χ0) is 13.1. The average molecular weight is 261 g/mol. The Kier molecular flexibility index (Phi) is 4.29. The Labute approximate surface area is 94.3 Å². The Morgan fingerprint density at radius 3 is 2.53 bits per heavy atom. The second kappa shape index (κ2) is 5.16. The highest BCUT2D eigenvalue weighted by Crippen LogP contribution is 2.30. The van der Waals surface area contributed by atoms with Gasteiger partial charge in [0.15, 0.2) is 0 Å². The lowest BCUT2D eigenvalue weighted by molar-refractivity contribution is -0.159.